The highest BCUT2D eigenvalue weighted by Gasteiger charge is 2.11. The minimum absolute atomic E-state index is 0.00246. The van der Waals surface area contributed by atoms with Gasteiger partial charge < -0.3 is 10.5 Å². The molecule has 3 aromatic rings. The van der Waals surface area contributed by atoms with Gasteiger partial charge in [0.25, 0.3) is 0 Å². The molecule has 0 spiro atoms. The number of nitrogens with zero attached hydrogens (tertiary/aromatic N) is 2. The van der Waals surface area contributed by atoms with Crippen LogP contribution in [0.3, 0.4) is 0 Å². The third-order valence-corrected chi connectivity index (χ3v) is 4.71. The highest BCUT2D eigenvalue weighted by Crippen LogP contribution is 2.26. The van der Waals surface area contributed by atoms with Gasteiger partial charge in [-0.1, -0.05) is 23.9 Å². The Morgan fingerprint density at radius 1 is 1.36 bits per heavy atom. The van der Waals surface area contributed by atoms with E-state index in [1.807, 2.05) is 11.4 Å². The predicted molar refractivity (Wildman–Crippen MR) is 89.9 cm³/mol. The molecule has 0 radical (unpaired) electrons. The Kier molecular flexibility index (Phi) is 4.26. The molecular formula is C15H13N3O2S2. The highest BCUT2D eigenvalue weighted by molar-refractivity contribution is 7.99. The number of carbonyl (C=O) groups excluding carboxylic acids is 1. The molecule has 7 heteroatoms. The Balaban J connectivity index is 1.74. The third-order valence-electron chi connectivity index (χ3n) is 3.06. The zero-order chi connectivity index (χ0) is 15.5. The molecule has 0 unspecified atom stereocenters. The average molecular weight is 331 g/mol. The molecule has 5 nitrogen and oxygen atoms in total. The highest BCUT2D eigenvalue weighted by atomic mass is 32.2. The summed E-state index contributed by atoms with van der Waals surface area (Å²) in [6.45, 7) is 0. The Morgan fingerprint density at radius 3 is 3.05 bits per heavy atom. The number of ketones is 1. The van der Waals surface area contributed by atoms with Crippen LogP contribution in [0.1, 0.15) is 10.4 Å². The molecule has 0 aliphatic carbocycles. The van der Waals surface area contributed by atoms with Gasteiger partial charge in [0.1, 0.15) is 16.4 Å². The van der Waals surface area contributed by atoms with Gasteiger partial charge in [-0.05, 0) is 23.6 Å². The molecule has 2 N–H and O–H groups in total. The maximum absolute atomic E-state index is 12.2. The minimum atomic E-state index is -0.00246. The Hall–Kier alpha value is -2.12. The third kappa shape index (κ3) is 3.05. The number of aromatic nitrogens is 2. The lowest BCUT2D eigenvalue weighted by molar-refractivity contribution is 0.102. The molecule has 0 aliphatic rings. The summed E-state index contributed by atoms with van der Waals surface area (Å²) in [5.41, 5.74) is 6.51. The zero-order valence-electron chi connectivity index (χ0n) is 11.8. The van der Waals surface area contributed by atoms with Crippen LogP contribution in [0, 0.1) is 0 Å². The summed E-state index contributed by atoms with van der Waals surface area (Å²) in [4.78, 5) is 21.7. The molecule has 0 fully saturated rings. The van der Waals surface area contributed by atoms with Crippen molar-refractivity contribution in [3.8, 4) is 5.75 Å². The fraction of sp³-hybridized carbons (Fsp3) is 0.133. The predicted octanol–water partition coefficient (Wildman–Crippen LogP) is 3.26. The number of nitrogen functional groups attached to an aromatic ring is 1. The lowest BCUT2D eigenvalue weighted by Gasteiger charge is -2.04. The first kappa shape index (κ1) is 14.8. The van der Waals surface area contributed by atoms with E-state index >= 15 is 0 Å². The summed E-state index contributed by atoms with van der Waals surface area (Å²) in [6, 6.07) is 8.98. The number of anilines is 1. The summed E-state index contributed by atoms with van der Waals surface area (Å²) >= 11 is 2.79. The summed E-state index contributed by atoms with van der Waals surface area (Å²) in [7, 11) is 1.57. The molecule has 0 aliphatic heterocycles. The second kappa shape index (κ2) is 6.33. The summed E-state index contributed by atoms with van der Waals surface area (Å²) in [6.07, 6.45) is 0. The van der Waals surface area contributed by atoms with Crippen LogP contribution >= 0.6 is 23.1 Å². The number of hydrogen-bond donors (Lipinski definition) is 1. The van der Waals surface area contributed by atoms with E-state index in [-0.39, 0.29) is 11.5 Å². The number of methoxy groups -OCH3 is 1. The van der Waals surface area contributed by atoms with E-state index in [1.54, 1.807) is 31.4 Å². The summed E-state index contributed by atoms with van der Waals surface area (Å²) in [5, 5.41) is 3.29. The summed E-state index contributed by atoms with van der Waals surface area (Å²) in [5.74, 6) is 1.36. The number of thioether (sulfide) groups is 1. The summed E-state index contributed by atoms with van der Waals surface area (Å²) < 4.78 is 5.12. The minimum Gasteiger partial charge on any atom is -0.497 e. The van der Waals surface area contributed by atoms with Crippen LogP contribution in [0.2, 0.25) is 0 Å². The number of ether oxygens (including phenoxy) is 1. The van der Waals surface area contributed by atoms with Gasteiger partial charge in [-0.3, -0.25) is 4.79 Å². The molecule has 0 amide bonds. The van der Waals surface area contributed by atoms with Gasteiger partial charge >= 0.3 is 0 Å². The second-order valence-electron chi connectivity index (χ2n) is 4.47. The van der Waals surface area contributed by atoms with Crippen LogP contribution in [0.15, 0.2) is 40.9 Å². The van der Waals surface area contributed by atoms with Gasteiger partial charge in [-0.25, -0.2) is 9.97 Å². The van der Waals surface area contributed by atoms with Gasteiger partial charge in [-0.2, -0.15) is 0 Å². The van der Waals surface area contributed by atoms with Crippen LogP contribution < -0.4 is 10.5 Å². The van der Waals surface area contributed by atoms with Crippen LogP contribution in [-0.4, -0.2) is 28.6 Å². The quantitative estimate of drug-likeness (QED) is 0.439. The van der Waals surface area contributed by atoms with Gasteiger partial charge in [0.15, 0.2) is 10.9 Å². The normalized spacial score (nSPS) is 10.8. The molecule has 0 atom stereocenters. The molecule has 1 aromatic carbocycles. The molecule has 112 valence electrons. The first-order chi connectivity index (χ1) is 10.7. The first-order valence-corrected chi connectivity index (χ1v) is 8.34. The SMILES string of the molecule is COc1cccc(C(=O)CSc2nc(N)c3ccsc3n2)c1. The van der Waals surface area contributed by atoms with Crippen molar-refractivity contribution in [3.05, 3.63) is 41.3 Å². The maximum Gasteiger partial charge on any atom is 0.191 e. The van der Waals surface area contributed by atoms with Crippen molar-refractivity contribution in [1.82, 2.24) is 9.97 Å². The molecule has 3 rings (SSSR count). The van der Waals surface area contributed by atoms with Crippen LogP contribution in [0.25, 0.3) is 10.2 Å². The number of nitrogens with two attached hydrogens (primary N) is 1. The molecule has 0 saturated heterocycles. The maximum atomic E-state index is 12.2. The van der Waals surface area contributed by atoms with Crippen molar-refractivity contribution in [2.75, 3.05) is 18.6 Å². The standard InChI is InChI=1S/C15H13N3O2S2/c1-20-10-4-2-3-9(7-10)12(19)8-22-15-17-13(16)11-5-6-21-14(11)18-15/h2-7H,8H2,1H3,(H2,16,17,18). The molecule has 2 aromatic heterocycles. The number of fused-ring (bicyclic) bond motifs is 1. The Morgan fingerprint density at radius 2 is 2.23 bits per heavy atom. The van der Waals surface area contributed by atoms with Crippen LogP contribution in [0.5, 0.6) is 5.75 Å². The van der Waals surface area contributed by atoms with E-state index < -0.39 is 0 Å². The number of rotatable bonds is 5. The first-order valence-electron chi connectivity index (χ1n) is 6.48. The van der Waals surface area contributed by atoms with Gasteiger partial charge in [0.2, 0.25) is 0 Å². The van der Waals surface area contributed by atoms with Gasteiger partial charge in [-0.15, -0.1) is 11.3 Å². The zero-order valence-corrected chi connectivity index (χ0v) is 13.4. The van der Waals surface area contributed by atoms with Crippen molar-refractivity contribution in [1.29, 1.82) is 0 Å². The molecule has 2 heterocycles. The van der Waals surface area contributed by atoms with Crippen LogP contribution in [-0.2, 0) is 0 Å². The number of thiophene rings is 1. The van der Waals surface area contributed by atoms with E-state index in [2.05, 4.69) is 9.97 Å². The van der Waals surface area contributed by atoms with E-state index in [1.165, 1.54) is 23.1 Å². The molecule has 0 bridgehead atoms. The van der Waals surface area contributed by atoms with Crippen molar-refractivity contribution < 1.29 is 9.53 Å². The average Bonchev–Trinajstić information content (AvgIpc) is 3.01. The molecule has 22 heavy (non-hydrogen) atoms. The van der Waals surface area contributed by atoms with Crippen molar-refractivity contribution >= 4 is 44.9 Å². The number of carbonyl (C=O) groups is 1. The fourth-order valence-corrected chi connectivity index (χ4v) is 3.51. The van der Waals surface area contributed by atoms with Crippen molar-refractivity contribution in [3.63, 3.8) is 0 Å². The number of hydrogen-bond acceptors (Lipinski definition) is 7. The van der Waals surface area contributed by atoms with E-state index in [4.69, 9.17) is 10.5 Å². The van der Waals surface area contributed by atoms with Crippen molar-refractivity contribution in [2.45, 2.75) is 5.16 Å². The fourth-order valence-electron chi connectivity index (χ4n) is 1.93. The topological polar surface area (TPSA) is 78.1 Å². The Labute approximate surface area is 135 Å². The number of benzene rings is 1. The smallest absolute Gasteiger partial charge is 0.191 e. The van der Waals surface area contributed by atoms with Crippen molar-refractivity contribution in [2.24, 2.45) is 0 Å². The lowest BCUT2D eigenvalue weighted by Crippen LogP contribution is -2.04. The molecule has 0 saturated carbocycles. The Bertz CT molecular complexity index is 833. The van der Waals surface area contributed by atoms with Crippen LogP contribution in [0.4, 0.5) is 5.82 Å². The second-order valence-corrected chi connectivity index (χ2v) is 6.31. The monoisotopic (exact) mass is 331 g/mol. The largest absolute Gasteiger partial charge is 0.497 e. The van der Waals surface area contributed by atoms with Gasteiger partial charge in [0.05, 0.1) is 18.2 Å². The van der Waals surface area contributed by atoms with E-state index in [9.17, 15) is 4.79 Å². The molecular weight excluding hydrogens is 318 g/mol. The lowest BCUT2D eigenvalue weighted by atomic mass is 10.1. The van der Waals surface area contributed by atoms with Gasteiger partial charge in [0, 0.05) is 5.56 Å². The van der Waals surface area contributed by atoms with E-state index in [0.29, 0.717) is 22.3 Å². The number of Topliss-reactive ketones (excluding diaryl/α,β-unsaturated/α-hetero) is 1. The van der Waals surface area contributed by atoms with E-state index in [0.717, 1.165) is 10.2 Å².